The van der Waals surface area contributed by atoms with Crippen molar-refractivity contribution in [2.75, 3.05) is 23.1 Å². The van der Waals surface area contributed by atoms with Gasteiger partial charge in [0, 0.05) is 22.2 Å². The van der Waals surface area contributed by atoms with Crippen molar-refractivity contribution in [3.63, 3.8) is 0 Å². The summed E-state index contributed by atoms with van der Waals surface area (Å²) in [5.74, 6) is 0.292. The number of anilines is 1. The summed E-state index contributed by atoms with van der Waals surface area (Å²) in [4.78, 5) is 13.8. The Morgan fingerprint density at radius 3 is 2.26 bits per heavy atom. The lowest BCUT2D eigenvalue weighted by molar-refractivity contribution is -0.119. The Balaban J connectivity index is 1.67. The molecule has 0 saturated carbocycles. The van der Waals surface area contributed by atoms with Crippen LogP contribution in [0.3, 0.4) is 0 Å². The van der Waals surface area contributed by atoms with Crippen molar-refractivity contribution in [2.45, 2.75) is 16.7 Å². The summed E-state index contributed by atoms with van der Waals surface area (Å²) in [5, 5.41) is 3.48. The van der Waals surface area contributed by atoms with Gasteiger partial charge in [-0.2, -0.15) is 0 Å². The fraction of sp³-hybridized carbons (Fsp3) is 0.174. The number of nitrogens with one attached hydrogen (secondary N) is 1. The van der Waals surface area contributed by atoms with Crippen molar-refractivity contribution in [3.8, 4) is 0 Å². The molecule has 8 heteroatoms. The van der Waals surface area contributed by atoms with Crippen molar-refractivity contribution < 1.29 is 13.2 Å². The van der Waals surface area contributed by atoms with E-state index in [1.54, 1.807) is 42.1 Å². The average Bonchev–Trinajstić information content (AvgIpc) is 2.77. The number of carbonyl (C=O) groups excluding carboxylic acids is 1. The summed E-state index contributed by atoms with van der Waals surface area (Å²) in [6.07, 6.45) is 0. The zero-order valence-electron chi connectivity index (χ0n) is 17.0. The Morgan fingerprint density at radius 1 is 0.968 bits per heavy atom. The van der Waals surface area contributed by atoms with Crippen molar-refractivity contribution in [1.82, 2.24) is 5.32 Å². The van der Waals surface area contributed by atoms with E-state index >= 15 is 0 Å². The molecule has 3 aromatic carbocycles. The van der Waals surface area contributed by atoms with Gasteiger partial charge in [-0.05, 0) is 55.5 Å². The number of amides is 1. The van der Waals surface area contributed by atoms with Crippen LogP contribution in [0, 0.1) is 6.92 Å². The minimum absolute atomic E-state index is 0.140. The number of sulfonamides is 1. The molecule has 5 nitrogen and oxygen atoms in total. The molecule has 0 unspecified atom stereocenters. The van der Waals surface area contributed by atoms with Gasteiger partial charge in [-0.15, -0.1) is 11.8 Å². The van der Waals surface area contributed by atoms with Crippen LogP contribution in [0.2, 0.25) is 5.02 Å². The van der Waals surface area contributed by atoms with Crippen molar-refractivity contribution >= 4 is 45.0 Å². The van der Waals surface area contributed by atoms with Crippen molar-refractivity contribution in [1.29, 1.82) is 0 Å². The Morgan fingerprint density at radius 2 is 1.61 bits per heavy atom. The molecule has 0 heterocycles. The summed E-state index contributed by atoms with van der Waals surface area (Å²) in [6.45, 7) is 2.04. The Bertz CT molecular complexity index is 1100. The van der Waals surface area contributed by atoms with Crippen molar-refractivity contribution in [3.05, 3.63) is 89.4 Å². The summed E-state index contributed by atoms with van der Waals surface area (Å²) in [5.41, 5.74) is 1.45. The van der Waals surface area contributed by atoms with Crippen LogP contribution in [-0.4, -0.2) is 33.2 Å². The number of halogens is 1. The number of thioether (sulfide) groups is 1. The van der Waals surface area contributed by atoms with E-state index in [4.69, 9.17) is 11.6 Å². The van der Waals surface area contributed by atoms with Crippen LogP contribution >= 0.6 is 23.4 Å². The zero-order chi connectivity index (χ0) is 22.3. The van der Waals surface area contributed by atoms with E-state index in [0.717, 1.165) is 14.8 Å². The molecular weight excluding hydrogens is 452 g/mol. The molecule has 0 saturated heterocycles. The minimum Gasteiger partial charge on any atom is -0.354 e. The predicted molar refractivity (Wildman–Crippen MR) is 127 cm³/mol. The lowest BCUT2D eigenvalue weighted by Crippen LogP contribution is -2.41. The maximum absolute atomic E-state index is 13.2. The number of hydrogen-bond acceptors (Lipinski definition) is 4. The molecule has 0 aromatic heterocycles. The van der Waals surface area contributed by atoms with Gasteiger partial charge in [-0.3, -0.25) is 9.10 Å². The molecule has 3 rings (SSSR count). The number of nitrogens with zero attached hydrogens (tertiary/aromatic N) is 1. The second-order valence-electron chi connectivity index (χ2n) is 6.81. The lowest BCUT2D eigenvalue weighted by atomic mass is 10.2. The third-order valence-electron chi connectivity index (χ3n) is 4.45. The second-order valence-corrected chi connectivity index (χ2v) is 10.3. The zero-order valence-corrected chi connectivity index (χ0v) is 19.4. The molecular formula is C23H23ClN2O3S2. The van der Waals surface area contributed by atoms with Gasteiger partial charge in [0.15, 0.2) is 0 Å². The van der Waals surface area contributed by atoms with E-state index in [9.17, 15) is 13.2 Å². The maximum Gasteiger partial charge on any atom is 0.264 e. The molecule has 0 bridgehead atoms. The highest BCUT2D eigenvalue weighted by Gasteiger charge is 2.26. The highest BCUT2D eigenvalue weighted by molar-refractivity contribution is 7.99. The lowest BCUT2D eigenvalue weighted by Gasteiger charge is -2.24. The largest absolute Gasteiger partial charge is 0.354 e. The normalized spacial score (nSPS) is 11.2. The van der Waals surface area contributed by atoms with Gasteiger partial charge in [0.1, 0.15) is 6.54 Å². The molecule has 0 radical (unpaired) electrons. The van der Waals surface area contributed by atoms with Crippen LogP contribution in [0.15, 0.2) is 88.7 Å². The minimum atomic E-state index is -3.88. The quantitative estimate of drug-likeness (QED) is 0.359. The molecule has 0 aliphatic rings. The van der Waals surface area contributed by atoms with Crippen LogP contribution < -0.4 is 9.62 Å². The summed E-state index contributed by atoms with van der Waals surface area (Å²) in [6, 6.07) is 22.6. The van der Waals surface area contributed by atoms with E-state index in [1.165, 1.54) is 12.1 Å². The molecule has 0 fully saturated rings. The SMILES string of the molecule is Cc1ccc(N(CC(=O)NCCSc2ccc(Cl)cc2)S(=O)(=O)c2ccccc2)cc1. The first kappa shape index (κ1) is 23.2. The molecule has 1 amide bonds. The Kier molecular flexibility index (Phi) is 8.01. The molecule has 162 valence electrons. The fourth-order valence-corrected chi connectivity index (χ4v) is 5.16. The second kappa shape index (κ2) is 10.7. The molecule has 0 aliphatic carbocycles. The van der Waals surface area contributed by atoms with Gasteiger partial charge in [-0.25, -0.2) is 8.42 Å². The topological polar surface area (TPSA) is 66.5 Å². The van der Waals surface area contributed by atoms with Gasteiger partial charge in [0.05, 0.1) is 10.6 Å². The standard InChI is InChI=1S/C23H23ClN2O3S2/c1-18-7-11-20(12-8-18)26(31(28,29)22-5-3-2-4-6-22)17-23(27)25-15-16-30-21-13-9-19(24)10-14-21/h2-14H,15-17H2,1H3,(H,25,27). The van der Waals surface area contributed by atoms with Crippen molar-refractivity contribution in [2.24, 2.45) is 0 Å². The number of rotatable bonds is 9. The molecule has 1 N–H and O–H groups in total. The van der Waals surface area contributed by atoms with Crippen LogP contribution in [0.25, 0.3) is 0 Å². The Labute approximate surface area is 192 Å². The van der Waals surface area contributed by atoms with E-state index < -0.39 is 10.0 Å². The summed E-state index contributed by atoms with van der Waals surface area (Å²) < 4.78 is 27.6. The molecule has 3 aromatic rings. The average molecular weight is 475 g/mol. The molecule has 0 aliphatic heterocycles. The van der Waals surface area contributed by atoms with Gasteiger partial charge in [-0.1, -0.05) is 47.5 Å². The summed E-state index contributed by atoms with van der Waals surface area (Å²) >= 11 is 7.47. The van der Waals surface area contributed by atoms with Gasteiger partial charge < -0.3 is 5.32 Å². The molecule has 0 atom stereocenters. The van der Waals surface area contributed by atoms with Crippen LogP contribution in [0.5, 0.6) is 0 Å². The summed E-state index contributed by atoms with van der Waals surface area (Å²) in [7, 11) is -3.88. The van der Waals surface area contributed by atoms with E-state index in [2.05, 4.69) is 5.32 Å². The highest BCUT2D eigenvalue weighted by Crippen LogP contribution is 2.24. The number of aryl methyl sites for hydroxylation is 1. The van der Waals surface area contributed by atoms with E-state index in [1.807, 2.05) is 43.3 Å². The number of benzene rings is 3. The fourth-order valence-electron chi connectivity index (χ4n) is 2.82. The van der Waals surface area contributed by atoms with Crippen LogP contribution in [0.1, 0.15) is 5.56 Å². The monoisotopic (exact) mass is 474 g/mol. The van der Waals surface area contributed by atoms with Gasteiger partial charge >= 0.3 is 0 Å². The predicted octanol–water partition coefficient (Wildman–Crippen LogP) is 4.75. The van der Waals surface area contributed by atoms with Crippen LogP contribution in [-0.2, 0) is 14.8 Å². The van der Waals surface area contributed by atoms with Gasteiger partial charge in [0.2, 0.25) is 5.91 Å². The Hall–Kier alpha value is -2.48. The highest BCUT2D eigenvalue weighted by atomic mass is 35.5. The molecule has 31 heavy (non-hydrogen) atoms. The first-order chi connectivity index (χ1) is 14.9. The smallest absolute Gasteiger partial charge is 0.264 e. The number of hydrogen-bond donors (Lipinski definition) is 1. The number of carbonyl (C=O) groups is 1. The third-order valence-corrected chi connectivity index (χ3v) is 7.50. The third kappa shape index (κ3) is 6.50. The first-order valence-electron chi connectivity index (χ1n) is 9.66. The van der Waals surface area contributed by atoms with E-state index in [0.29, 0.717) is 23.0 Å². The van der Waals surface area contributed by atoms with Crippen LogP contribution in [0.4, 0.5) is 5.69 Å². The van der Waals surface area contributed by atoms with E-state index in [-0.39, 0.29) is 17.3 Å². The molecule has 0 spiro atoms. The van der Waals surface area contributed by atoms with Gasteiger partial charge in [0.25, 0.3) is 10.0 Å². The first-order valence-corrected chi connectivity index (χ1v) is 12.5. The maximum atomic E-state index is 13.2.